The summed E-state index contributed by atoms with van der Waals surface area (Å²) >= 11 is 0. The average molecular weight is 301 g/mol. The predicted octanol–water partition coefficient (Wildman–Crippen LogP) is 5.56. The van der Waals surface area contributed by atoms with Gasteiger partial charge in [-0.25, -0.2) is 0 Å². The van der Waals surface area contributed by atoms with Gasteiger partial charge in [-0.15, -0.1) is 0 Å². The molecule has 18 heavy (non-hydrogen) atoms. The Morgan fingerprint density at radius 3 is 1.83 bits per heavy atom. The van der Waals surface area contributed by atoms with Gasteiger partial charge in [0.2, 0.25) is 0 Å². The maximum absolute atomic E-state index is 12.2. The van der Waals surface area contributed by atoms with Crippen LogP contribution in [-0.2, 0) is 4.12 Å². The van der Waals surface area contributed by atoms with Crippen LogP contribution in [0.25, 0.3) is 0 Å². The Bertz CT molecular complexity index is 238. The highest BCUT2D eigenvalue weighted by Gasteiger charge is 2.35. The first-order chi connectivity index (χ1) is 7.97. The lowest BCUT2D eigenvalue weighted by atomic mass is 10.3. The fraction of sp³-hybridized carbons (Fsp3) is 1.00. The number of unbranched alkanes of at least 4 members (excludes halogenated alkanes) is 1. The van der Waals surface area contributed by atoms with E-state index in [4.69, 9.17) is 4.12 Å². The minimum atomic E-state index is -4.03. The maximum atomic E-state index is 12.2. The van der Waals surface area contributed by atoms with Crippen LogP contribution in [-0.4, -0.2) is 22.8 Å². The second-order valence-electron chi connectivity index (χ2n) is 6.24. The Morgan fingerprint density at radius 2 is 1.44 bits per heavy atom. The van der Waals surface area contributed by atoms with E-state index in [1.54, 1.807) is 0 Å². The van der Waals surface area contributed by atoms with Crippen molar-refractivity contribution in [3.05, 3.63) is 0 Å². The van der Waals surface area contributed by atoms with Crippen LogP contribution in [0.2, 0.25) is 38.3 Å². The van der Waals surface area contributed by atoms with Crippen LogP contribution in [0, 0.1) is 0 Å². The third-order valence-electron chi connectivity index (χ3n) is 2.78. The summed E-state index contributed by atoms with van der Waals surface area (Å²) in [6.45, 7) is 10.6. The van der Waals surface area contributed by atoms with Crippen LogP contribution >= 0.6 is 0 Å². The summed E-state index contributed by atoms with van der Waals surface area (Å²) in [4.78, 5) is 0. The van der Waals surface area contributed by atoms with Gasteiger partial charge in [0.15, 0.2) is 16.6 Å². The van der Waals surface area contributed by atoms with E-state index in [9.17, 15) is 13.2 Å². The number of alkyl halides is 3. The smallest absolute Gasteiger partial charge is 0.389 e. The van der Waals surface area contributed by atoms with Crippen LogP contribution in [0.3, 0.4) is 0 Å². The second kappa shape index (κ2) is 7.10. The summed E-state index contributed by atoms with van der Waals surface area (Å²) in [5.41, 5.74) is 0. The molecular formula is C12H27F3OSi2. The minimum absolute atomic E-state index is 0.223. The van der Waals surface area contributed by atoms with E-state index in [-0.39, 0.29) is 6.42 Å². The molecule has 0 spiro atoms. The van der Waals surface area contributed by atoms with E-state index >= 15 is 0 Å². The van der Waals surface area contributed by atoms with Gasteiger partial charge in [-0.05, 0) is 44.7 Å². The highest BCUT2D eigenvalue weighted by Crippen LogP contribution is 2.30. The SMILES string of the molecule is CCCC[Si](C)(CCCC(F)(F)F)O[Si](C)(C)C. The van der Waals surface area contributed by atoms with Gasteiger partial charge in [0.25, 0.3) is 0 Å². The molecule has 0 heterocycles. The standard InChI is InChI=1S/C12H27F3OSi2/c1-6-7-10-18(5,16-17(2,3)4)11-8-9-12(13,14)15/h6-11H2,1-5H3. The minimum Gasteiger partial charge on any atom is -0.456 e. The van der Waals surface area contributed by atoms with Gasteiger partial charge in [0.05, 0.1) is 0 Å². The summed E-state index contributed by atoms with van der Waals surface area (Å²) in [5, 5.41) is 0. The van der Waals surface area contributed by atoms with Crippen LogP contribution in [0.4, 0.5) is 13.2 Å². The Labute approximate surface area is 111 Å². The zero-order valence-corrected chi connectivity index (χ0v) is 14.3. The van der Waals surface area contributed by atoms with Crippen LogP contribution < -0.4 is 0 Å². The average Bonchev–Trinajstić information content (AvgIpc) is 2.09. The van der Waals surface area contributed by atoms with E-state index in [1.165, 1.54) is 0 Å². The Morgan fingerprint density at radius 1 is 0.944 bits per heavy atom. The zero-order chi connectivity index (χ0) is 14.4. The third-order valence-corrected chi connectivity index (χ3v) is 10.0. The molecule has 0 aliphatic heterocycles. The molecule has 0 bridgehead atoms. The summed E-state index contributed by atoms with van der Waals surface area (Å²) < 4.78 is 42.9. The van der Waals surface area contributed by atoms with Crippen LogP contribution in [0.15, 0.2) is 0 Å². The van der Waals surface area contributed by atoms with E-state index in [1.807, 2.05) is 0 Å². The van der Waals surface area contributed by atoms with Crippen molar-refractivity contribution in [1.29, 1.82) is 0 Å². The van der Waals surface area contributed by atoms with Crippen molar-refractivity contribution >= 4 is 16.6 Å². The van der Waals surface area contributed by atoms with Gasteiger partial charge in [0, 0.05) is 6.42 Å². The van der Waals surface area contributed by atoms with Crippen molar-refractivity contribution in [1.82, 2.24) is 0 Å². The Kier molecular flexibility index (Phi) is 7.17. The molecule has 0 radical (unpaired) electrons. The largest absolute Gasteiger partial charge is 0.456 e. The number of halogens is 3. The Hall–Kier alpha value is 0.184. The molecular weight excluding hydrogens is 273 g/mol. The molecule has 1 atom stereocenters. The second-order valence-corrected chi connectivity index (χ2v) is 15.2. The summed E-state index contributed by atoms with van der Waals surface area (Å²) in [6.07, 6.45) is -2.33. The van der Waals surface area contributed by atoms with Crippen molar-refractivity contribution in [2.45, 2.75) is 77.1 Å². The molecule has 0 amide bonds. The molecule has 0 saturated heterocycles. The quantitative estimate of drug-likeness (QED) is 0.534. The van der Waals surface area contributed by atoms with E-state index in [2.05, 4.69) is 33.1 Å². The molecule has 6 heteroatoms. The van der Waals surface area contributed by atoms with E-state index < -0.39 is 29.2 Å². The molecule has 110 valence electrons. The van der Waals surface area contributed by atoms with Crippen LogP contribution in [0.5, 0.6) is 0 Å². The molecule has 0 fully saturated rings. The first-order valence-corrected chi connectivity index (χ1v) is 13.0. The van der Waals surface area contributed by atoms with Crippen LogP contribution in [0.1, 0.15) is 32.6 Å². The number of hydrogen-bond donors (Lipinski definition) is 0. The normalized spacial score (nSPS) is 16.7. The highest BCUT2D eigenvalue weighted by atomic mass is 28.4. The molecule has 0 N–H and O–H groups in total. The molecule has 0 aromatic carbocycles. The third kappa shape index (κ3) is 10.1. The van der Waals surface area contributed by atoms with Gasteiger partial charge >= 0.3 is 6.18 Å². The molecule has 0 aromatic heterocycles. The van der Waals surface area contributed by atoms with Crippen molar-refractivity contribution in [3.8, 4) is 0 Å². The molecule has 0 aliphatic rings. The molecule has 0 saturated carbocycles. The van der Waals surface area contributed by atoms with Gasteiger partial charge in [-0.1, -0.05) is 19.8 Å². The van der Waals surface area contributed by atoms with Gasteiger partial charge in [0.1, 0.15) is 0 Å². The monoisotopic (exact) mass is 300 g/mol. The van der Waals surface area contributed by atoms with Crippen molar-refractivity contribution in [2.75, 3.05) is 0 Å². The van der Waals surface area contributed by atoms with E-state index in [0.717, 1.165) is 18.9 Å². The van der Waals surface area contributed by atoms with Gasteiger partial charge < -0.3 is 4.12 Å². The first kappa shape index (κ1) is 18.2. The zero-order valence-electron chi connectivity index (χ0n) is 12.3. The lowest BCUT2D eigenvalue weighted by Gasteiger charge is -2.35. The van der Waals surface area contributed by atoms with Gasteiger partial charge in [-0.3, -0.25) is 0 Å². The lowest BCUT2D eigenvalue weighted by Crippen LogP contribution is -2.44. The summed E-state index contributed by atoms with van der Waals surface area (Å²) in [7, 11) is -3.60. The van der Waals surface area contributed by atoms with Crippen molar-refractivity contribution in [2.24, 2.45) is 0 Å². The fourth-order valence-corrected chi connectivity index (χ4v) is 11.2. The first-order valence-electron chi connectivity index (χ1n) is 6.74. The molecule has 0 aromatic rings. The number of rotatable bonds is 8. The molecule has 0 rings (SSSR count). The molecule has 0 aliphatic carbocycles. The van der Waals surface area contributed by atoms with Crippen molar-refractivity contribution in [3.63, 3.8) is 0 Å². The van der Waals surface area contributed by atoms with E-state index in [0.29, 0.717) is 6.04 Å². The topological polar surface area (TPSA) is 9.23 Å². The maximum Gasteiger partial charge on any atom is 0.389 e. The highest BCUT2D eigenvalue weighted by molar-refractivity contribution is 6.84. The summed E-state index contributed by atoms with van der Waals surface area (Å²) in [6, 6.07) is 1.63. The molecule has 1 nitrogen and oxygen atoms in total. The number of hydrogen-bond acceptors (Lipinski definition) is 1. The predicted molar refractivity (Wildman–Crippen MR) is 75.9 cm³/mol. The summed E-state index contributed by atoms with van der Waals surface area (Å²) in [5.74, 6) is 0. The Balaban J connectivity index is 4.38. The molecule has 1 unspecified atom stereocenters. The fourth-order valence-electron chi connectivity index (χ4n) is 2.18. The van der Waals surface area contributed by atoms with Gasteiger partial charge in [-0.2, -0.15) is 13.2 Å². The van der Waals surface area contributed by atoms with Crippen molar-refractivity contribution < 1.29 is 17.3 Å². The lowest BCUT2D eigenvalue weighted by molar-refractivity contribution is -0.134.